The van der Waals surface area contributed by atoms with Crippen molar-refractivity contribution in [1.82, 2.24) is 0 Å². The Kier molecular flexibility index (Phi) is 12.4. The molecule has 0 radical (unpaired) electrons. The van der Waals surface area contributed by atoms with Gasteiger partial charge < -0.3 is 25.4 Å². The second-order valence-corrected chi connectivity index (χ2v) is 8.92. The van der Waals surface area contributed by atoms with E-state index >= 15 is 0 Å². The Labute approximate surface area is 197 Å². The van der Waals surface area contributed by atoms with Crippen molar-refractivity contribution in [3.63, 3.8) is 0 Å². The van der Waals surface area contributed by atoms with Crippen molar-refractivity contribution in [2.24, 2.45) is 5.73 Å². The van der Waals surface area contributed by atoms with Gasteiger partial charge in [0.1, 0.15) is 24.4 Å². The van der Waals surface area contributed by atoms with E-state index in [-0.39, 0.29) is 18.1 Å². The van der Waals surface area contributed by atoms with Crippen LogP contribution in [-0.4, -0.2) is 47.0 Å². The first-order valence-corrected chi connectivity index (χ1v) is 12.4. The van der Waals surface area contributed by atoms with Crippen LogP contribution in [0.4, 0.5) is 0 Å². The minimum absolute atomic E-state index is 0.137. The van der Waals surface area contributed by atoms with E-state index in [0.717, 1.165) is 19.3 Å². The molecule has 1 aromatic heterocycles. The van der Waals surface area contributed by atoms with Crippen LogP contribution in [0.5, 0.6) is 0 Å². The lowest BCUT2D eigenvalue weighted by Crippen LogP contribution is -2.46. The van der Waals surface area contributed by atoms with Gasteiger partial charge in [-0.25, -0.2) is 0 Å². The maximum atomic E-state index is 12.0. The molecule has 0 saturated carbocycles. The molecule has 4 atom stereocenters. The van der Waals surface area contributed by atoms with Crippen molar-refractivity contribution < 1.29 is 33.8 Å². The summed E-state index contributed by atoms with van der Waals surface area (Å²) in [4.78, 5) is 23.4. The number of unbranched alkanes of at least 4 members (excludes halogenated alkanes) is 10. The number of nitrogens with two attached hydrogens (primary N) is 1. The number of primary amides is 1. The molecular formula is C25H41N2O6+. The van der Waals surface area contributed by atoms with Gasteiger partial charge in [0.25, 0.3) is 12.1 Å². The average molecular weight is 466 g/mol. The minimum Gasteiger partial charge on any atom is -0.463 e. The summed E-state index contributed by atoms with van der Waals surface area (Å²) < 4.78 is 12.4. The van der Waals surface area contributed by atoms with E-state index in [4.69, 9.17) is 15.2 Å². The third-order valence-corrected chi connectivity index (χ3v) is 6.13. The first-order chi connectivity index (χ1) is 15.9. The highest BCUT2D eigenvalue weighted by atomic mass is 16.6. The van der Waals surface area contributed by atoms with E-state index < -0.39 is 30.4 Å². The summed E-state index contributed by atoms with van der Waals surface area (Å²) >= 11 is 0. The van der Waals surface area contributed by atoms with Crippen LogP contribution in [-0.2, 0) is 14.3 Å². The molecule has 1 fully saturated rings. The Morgan fingerprint density at radius 1 is 1.00 bits per heavy atom. The molecule has 0 bridgehead atoms. The molecule has 1 aliphatic rings. The van der Waals surface area contributed by atoms with Gasteiger partial charge >= 0.3 is 5.97 Å². The van der Waals surface area contributed by atoms with Gasteiger partial charge in [0.2, 0.25) is 0 Å². The molecule has 4 N–H and O–H groups in total. The third-order valence-electron chi connectivity index (χ3n) is 6.13. The normalized spacial score (nSPS) is 22.4. The van der Waals surface area contributed by atoms with Gasteiger partial charge in [-0.2, -0.15) is 4.57 Å². The minimum atomic E-state index is -1.23. The van der Waals surface area contributed by atoms with Crippen LogP contribution in [0.15, 0.2) is 24.5 Å². The summed E-state index contributed by atoms with van der Waals surface area (Å²) in [7, 11) is 0. The van der Waals surface area contributed by atoms with E-state index in [1.165, 1.54) is 62.1 Å². The number of rotatable bonds is 16. The van der Waals surface area contributed by atoms with Crippen LogP contribution in [0.3, 0.4) is 0 Å². The summed E-state index contributed by atoms with van der Waals surface area (Å²) in [6.45, 7) is 2.09. The fourth-order valence-electron chi connectivity index (χ4n) is 4.09. The molecule has 8 heteroatoms. The molecule has 1 aliphatic heterocycles. The molecule has 1 amide bonds. The van der Waals surface area contributed by atoms with Crippen LogP contribution >= 0.6 is 0 Å². The number of aromatic nitrogens is 1. The summed E-state index contributed by atoms with van der Waals surface area (Å²) in [5.74, 6) is -0.937. The van der Waals surface area contributed by atoms with Crippen LogP contribution in [0, 0.1) is 0 Å². The molecular weight excluding hydrogens is 424 g/mol. The van der Waals surface area contributed by atoms with Gasteiger partial charge in [0.15, 0.2) is 18.5 Å². The predicted molar refractivity (Wildman–Crippen MR) is 123 cm³/mol. The van der Waals surface area contributed by atoms with E-state index in [0.29, 0.717) is 6.42 Å². The number of carbonyl (C=O) groups is 2. The molecule has 2 rings (SSSR count). The molecule has 1 aromatic rings. The molecule has 33 heavy (non-hydrogen) atoms. The fourth-order valence-corrected chi connectivity index (χ4v) is 4.09. The highest BCUT2D eigenvalue weighted by molar-refractivity contribution is 5.92. The quantitative estimate of drug-likeness (QED) is 0.196. The molecule has 0 spiro atoms. The Morgan fingerprint density at radius 3 is 2.21 bits per heavy atom. The van der Waals surface area contributed by atoms with Crippen molar-refractivity contribution in [2.45, 2.75) is 109 Å². The first kappa shape index (κ1) is 27.2. The van der Waals surface area contributed by atoms with Crippen LogP contribution in [0.1, 0.15) is 101 Å². The monoisotopic (exact) mass is 465 g/mol. The second-order valence-electron chi connectivity index (χ2n) is 8.92. The first-order valence-electron chi connectivity index (χ1n) is 12.4. The molecule has 186 valence electrons. The SMILES string of the molecule is CCCCCCCCCCCCCC(=O)OC[C@H]1O[C@@H]([n+]2cccc(C(N)=O)c2)[C@H](O)[C@@H]1O. The number of ether oxygens (including phenoxy) is 2. The van der Waals surface area contributed by atoms with Crippen molar-refractivity contribution in [1.29, 1.82) is 0 Å². The lowest BCUT2D eigenvalue weighted by Gasteiger charge is -2.13. The van der Waals surface area contributed by atoms with Gasteiger partial charge in [0.05, 0.1) is 0 Å². The summed E-state index contributed by atoms with van der Waals surface area (Å²) in [5.41, 5.74) is 5.54. The van der Waals surface area contributed by atoms with Gasteiger partial charge in [-0.3, -0.25) is 9.59 Å². The number of nitrogens with zero attached hydrogens (tertiary/aromatic N) is 1. The number of esters is 1. The van der Waals surface area contributed by atoms with Crippen LogP contribution in [0.25, 0.3) is 0 Å². The Balaban J connectivity index is 1.60. The topological polar surface area (TPSA) is 123 Å². The van der Waals surface area contributed by atoms with Gasteiger partial charge in [-0.05, 0) is 12.5 Å². The molecule has 0 aliphatic carbocycles. The maximum absolute atomic E-state index is 12.0. The zero-order valence-corrected chi connectivity index (χ0v) is 19.9. The van der Waals surface area contributed by atoms with Gasteiger partial charge in [-0.15, -0.1) is 0 Å². The van der Waals surface area contributed by atoms with E-state index in [1.54, 1.807) is 18.3 Å². The number of hydrogen-bond donors (Lipinski definition) is 3. The van der Waals surface area contributed by atoms with Crippen LogP contribution < -0.4 is 10.3 Å². The zero-order valence-electron chi connectivity index (χ0n) is 19.9. The number of carbonyl (C=O) groups excluding carboxylic acids is 2. The van der Waals surface area contributed by atoms with Gasteiger partial charge in [-0.1, -0.05) is 71.1 Å². The Bertz CT molecular complexity index is 729. The average Bonchev–Trinajstić information content (AvgIpc) is 3.10. The maximum Gasteiger partial charge on any atom is 0.305 e. The number of hydrogen-bond acceptors (Lipinski definition) is 6. The van der Waals surface area contributed by atoms with Crippen molar-refractivity contribution >= 4 is 11.9 Å². The second kappa shape index (κ2) is 15.0. The molecule has 0 aromatic carbocycles. The van der Waals surface area contributed by atoms with Crippen molar-refractivity contribution in [2.75, 3.05) is 6.61 Å². The van der Waals surface area contributed by atoms with Crippen LogP contribution in [0.2, 0.25) is 0 Å². The Morgan fingerprint density at radius 2 is 1.61 bits per heavy atom. The lowest BCUT2D eigenvalue weighted by molar-refractivity contribution is -0.765. The van der Waals surface area contributed by atoms with E-state index in [1.807, 2.05) is 0 Å². The van der Waals surface area contributed by atoms with Crippen molar-refractivity contribution in [3.8, 4) is 0 Å². The standard InChI is InChI=1S/C25H40N2O6/c1-2-3-4-5-6-7-8-9-10-11-12-15-21(28)32-18-20-22(29)23(30)25(33-20)27-16-13-14-19(17-27)24(26)31/h13-14,16-17,20,22-23,25,29-30H,2-12,15,18H2,1H3,(H-,26,31)/p+1/t20-,22-,23-,25-/m1/s1. The summed E-state index contributed by atoms with van der Waals surface area (Å²) in [6.07, 6.45) is 12.5. The number of amides is 1. The number of pyridine rings is 1. The largest absolute Gasteiger partial charge is 0.463 e. The summed E-state index contributed by atoms with van der Waals surface area (Å²) in [5, 5.41) is 20.6. The highest BCUT2D eigenvalue weighted by Crippen LogP contribution is 2.26. The Hall–Kier alpha value is -2.03. The van der Waals surface area contributed by atoms with E-state index in [2.05, 4.69) is 6.92 Å². The molecule has 8 nitrogen and oxygen atoms in total. The van der Waals surface area contributed by atoms with Gasteiger partial charge in [0, 0.05) is 12.5 Å². The highest BCUT2D eigenvalue weighted by Gasteiger charge is 2.48. The fraction of sp³-hybridized carbons (Fsp3) is 0.720. The molecule has 1 saturated heterocycles. The van der Waals surface area contributed by atoms with E-state index in [9.17, 15) is 19.8 Å². The number of aliphatic hydroxyl groups is 2. The smallest absolute Gasteiger partial charge is 0.305 e. The zero-order chi connectivity index (χ0) is 24.1. The third kappa shape index (κ3) is 9.39. The molecule has 2 heterocycles. The molecule has 0 unspecified atom stereocenters. The summed E-state index contributed by atoms with van der Waals surface area (Å²) in [6, 6.07) is 3.15. The lowest BCUT2D eigenvalue weighted by atomic mass is 10.1. The number of aliphatic hydroxyl groups excluding tert-OH is 2. The van der Waals surface area contributed by atoms with Crippen molar-refractivity contribution in [3.05, 3.63) is 30.1 Å². The predicted octanol–water partition coefficient (Wildman–Crippen LogP) is 2.94.